The van der Waals surface area contributed by atoms with Crippen molar-refractivity contribution in [1.29, 1.82) is 0 Å². The number of terminal acetylenes is 1. The van der Waals surface area contributed by atoms with Crippen molar-refractivity contribution >= 4 is 5.78 Å². The molecule has 4 aliphatic carbocycles. The van der Waals surface area contributed by atoms with E-state index < -0.39 is 5.60 Å². The molecule has 0 saturated heterocycles. The van der Waals surface area contributed by atoms with Crippen LogP contribution in [0.5, 0.6) is 0 Å². The number of rotatable bonds is 1. The molecule has 1 N–H and O–H groups in total. The second kappa shape index (κ2) is 5.59. The molecule has 4 aliphatic rings. The molecule has 0 aromatic carbocycles. The van der Waals surface area contributed by atoms with Gasteiger partial charge in [0.15, 0.2) is 0 Å². The first-order valence-electron chi connectivity index (χ1n) is 10.4. The van der Waals surface area contributed by atoms with Crippen molar-refractivity contribution < 1.29 is 9.90 Å². The zero-order chi connectivity index (χ0) is 18.0. The lowest BCUT2D eigenvalue weighted by Gasteiger charge is -2.61. The van der Waals surface area contributed by atoms with Crippen LogP contribution in [-0.4, -0.2) is 16.5 Å². The summed E-state index contributed by atoms with van der Waals surface area (Å²) in [5, 5.41) is 10.6. The Bertz CT molecular complexity index is 618. The molecule has 0 aromatic rings. The van der Waals surface area contributed by atoms with Crippen LogP contribution in [0.2, 0.25) is 0 Å². The SMILES string of the molecule is C#C[C@]1(O)CC[C@@]2(C)[C@H](CC[C@@H]3[C@@H]2CC[C@]2(C)[C@@H](C(C)=O)CC[C@@H]32)C1. The van der Waals surface area contributed by atoms with Gasteiger partial charge in [-0.05, 0) is 99.2 Å². The summed E-state index contributed by atoms with van der Waals surface area (Å²) in [7, 11) is 0. The maximum atomic E-state index is 12.2. The maximum absolute atomic E-state index is 12.2. The molecule has 0 spiro atoms. The molecule has 0 bridgehead atoms. The van der Waals surface area contributed by atoms with Crippen molar-refractivity contribution in [3.05, 3.63) is 0 Å². The molecule has 2 heteroatoms. The smallest absolute Gasteiger partial charge is 0.133 e. The van der Waals surface area contributed by atoms with Crippen molar-refractivity contribution in [2.45, 2.75) is 84.2 Å². The summed E-state index contributed by atoms with van der Waals surface area (Å²) in [6, 6.07) is 0. The van der Waals surface area contributed by atoms with Crippen LogP contribution in [0, 0.1) is 52.8 Å². The topological polar surface area (TPSA) is 37.3 Å². The van der Waals surface area contributed by atoms with Crippen LogP contribution >= 0.6 is 0 Å². The monoisotopic (exact) mass is 342 g/mol. The Hall–Kier alpha value is -0.810. The Balaban J connectivity index is 1.60. The number of aliphatic hydroxyl groups is 1. The molecular formula is C23H34O2. The number of fused-ring (bicyclic) bond motifs is 5. The van der Waals surface area contributed by atoms with E-state index in [0.29, 0.717) is 23.0 Å². The van der Waals surface area contributed by atoms with Gasteiger partial charge >= 0.3 is 0 Å². The molecule has 0 amide bonds. The van der Waals surface area contributed by atoms with Crippen LogP contribution in [0.15, 0.2) is 0 Å². The molecule has 25 heavy (non-hydrogen) atoms. The fraction of sp³-hybridized carbons (Fsp3) is 0.870. The Morgan fingerprint density at radius 1 is 1.00 bits per heavy atom. The molecule has 4 rings (SSSR count). The first-order chi connectivity index (χ1) is 11.7. The van der Waals surface area contributed by atoms with Gasteiger partial charge in [-0.15, -0.1) is 6.42 Å². The van der Waals surface area contributed by atoms with Gasteiger partial charge in [0.05, 0.1) is 0 Å². The summed E-state index contributed by atoms with van der Waals surface area (Å²) in [4.78, 5) is 12.2. The highest BCUT2D eigenvalue weighted by Gasteiger charge is 2.61. The van der Waals surface area contributed by atoms with E-state index in [2.05, 4.69) is 19.8 Å². The minimum Gasteiger partial charge on any atom is -0.378 e. The zero-order valence-electron chi connectivity index (χ0n) is 16.2. The van der Waals surface area contributed by atoms with E-state index in [1.807, 2.05) is 6.92 Å². The van der Waals surface area contributed by atoms with E-state index in [0.717, 1.165) is 43.4 Å². The zero-order valence-corrected chi connectivity index (χ0v) is 16.2. The summed E-state index contributed by atoms with van der Waals surface area (Å²) >= 11 is 0. The van der Waals surface area contributed by atoms with Crippen LogP contribution in [0.3, 0.4) is 0 Å². The van der Waals surface area contributed by atoms with Crippen molar-refractivity contribution in [2.24, 2.45) is 40.4 Å². The molecule has 8 atom stereocenters. The van der Waals surface area contributed by atoms with Gasteiger partial charge in [-0.1, -0.05) is 19.8 Å². The molecule has 4 saturated carbocycles. The lowest BCUT2D eigenvalue weighted by atomic mass is 9.44. The second-order valence-corrected chi connectivity index (χ2v) is 10.3. The lowest BCUT2D eigenvalue weighted by Crippen LogP contribution is -2.55. The Labute approximate surface area is 153 Å². The fourth-order valence-corrected chi connectivity index (χ4v) is 8.04. The van der Waals surface area contributed by atoms with Crippen LogP contribution in [0.25, 0.3) is 0 Å². The summed E-state index contributed by atoms with van der Waals surface area (Å²) in [6.45, 7) is 6.72. The average molecular weight is 343 g/mol. The van der Waals surface area contributed by atoms with Gasteiger partial charge in [-0.25, -0.2) is 0 Å². The molecule has 0 aromatic heterocycles. The highest BCUT2D eigenvalue weighted by atomic mass is 16.3. The van der Waals surface area contributed by atoms with E-state index >= 15 is 0 Å². The number of Topliss-reactive ketones (excluding diaryl/α,β-unsaturated/α-hetero) is 1. The van der Waals surface area contributed by atoms with Gasteiger partial charge in [-0.2, -0.15) is 0 Å². The van der Waals surface area contributed by atoms with Crippen LogP contribution in [0.4, 0.5) is 0 Å². The predicted molar refractivity (Wildman–Crippen MR) is 99.7 cm³/mol. The molecular weight excluding hydrogens is 308 g/mol. The maximum Gasteiger partial charge on any atom is 0.133 e. The Kier molecular flexibility index (Phi) is 3.94. The second-order valence-electron chi connectivity index (χ2n) is 10.3. The minimum absolute atomic E-state index is 0.240. The van der Waals surface area contributed by atoms with Crippen LogP contribution in [0.1, 0.15) is 78.6 Å². The molecule has 0 unspecified atom stereocenters. The van der Waals surface area contributed by atoms with Gasteiger partial charge in [0.25, 0.3) is 0 Å². The van der Waals surface area contributed by atoms with Gasteiger partial charge in [-0.3, -0.25) is 4.79 Å². The minimum atomic E-state index is -0.868. The summed E-state index contributed by atoms with van der Waals surface area (Å²) < 4.78 is 0. The molecule has 0 heterocycles. The molecule has 0 radical (unpaired) electrons. The molecule has 2 nitrogen and oxygen atoms in total. The fourth-order valence-electron chi connectivity index (χ4n) is 8.04. The van der Waals surface area contributed by atoms with Gasteiger partial charge in [0, 0.05) is 5.92 Å². The first kappa shape index (κ1) is 17.6. The number of hydrogen-bond acceptors (Lipinski definition) is 2. The van der Waals surface area contributed by atoms with Gasteiger partial charge in [0.1, 0.15) is 11.4 Å². The van der Waals surface area contributed by atoms with E-state index in [1.54, 1.807) is 0 Å². The quantitative estimate of drug-likeness (QED) is 0.707. The summed E-state index contributed by atoms with van der Waals surface area (Å²) in [5.74, 6) is 6.23. The Morgan fingerprint density at radius 3 is 2.40 bits per heavy atom. The molecule has 0 aliphatic heterocycles. The third-order valence-corrected chi connectivity index (χ3v) is 9.49. The third kappa shape index (κ3) is 2.38. The number of ketones is 1. The van der Waals surface area contributed by atoms with Crippen LogP contribution in [-0.2, 0) is 4.79 Å². The van der Waals surface area contributed by atoms with E-state index in [9.17, 15) is 9.90 Å². The highest BCUT2D eigenvalue weighted by Crippen LogP contribution is 2.68. The number of hydrogen-bond donors (Lipinski definition) is 1. The van der Waals surface area contributed by atoms with Crippen molar-refractivity contribution in [3.63, 3.8) is 0 Å². The van der Waals surface area contributed by atoms with Crippen molar-refractivity contribution in [1.82, 2.24) is 0 Å². The van der Waals surface area contributed by atoms with E-state index in [4.69, 9.17) is 6.42 Å². The van der Waals surface area contributed by atoms with Crippen LogP contribution < -0.4 is 0 Å². The first-order valence-corrected chi connectivity index (χ1v) is 10.4. The normalized spacial score (nSPS) is 54.8. The van der Waals surface area contributed by atoms with Gasteiger partial charge in [0.2, 0.25) is 0 Å². The summed E-state index contributed by atoms with van der Waals surface area (Å²) in [5.41, 5.74) is -0.292. The van der Waals surface area contributed by atoms with Crippen molar-refractivity contribution in [3.8, 4) is 12.3 Å². The van der Waals surface area contributed by atoms with E-state index in [1.165, 1.54) is 32.1 Å². The average Bonchev–Trinajstić information content (AvgIpc) is 2.93. The molecule has 138 valence electrons. The molecule has 4 fully saturated rings. The Morgan fingerprint density at radius 2 is 1.72 bits per heavy atom. The number of carbonyl (C=O) groups excluding carboxylic acids is 1. The predicted octanol–water partition coefficient (Wildman–Crippen LogP) is 4.60. The largest absolute Gasteiger partial charge is 0.378 e. The highest BCUT2D eigenvalue weighted by molar-refractivity contribution is 5.79. The lowest BCUT2D eigenvalue weighted by molar-refractivity contribution is -0.144. The van der Waals surface area contributed by atoms with Gasteiger partial charge < -0.3 is 5.11 Å². The summed E-state index contributed by atoms with van der Waals surface area (Å²) in [6.07, 6.45) is 15.6. The van der Waals surface area contributed by atoms with Crippen molar-refractivity contribution in [2.75, 3.05) is 0 Å². The number of carbonyl (C=O) groups is 1. The standard InChI is InChI=1S/C23H34O2/c1-5-23(25)13-12-21(3)16(14-23)6-7-17-19-9-8-18(15(2)24)22(19,4)11-10-20(17)21/h1,16-20,25H,6-14H2,2-4H3/t16-,17+,18-,19+,20+,21+,22-,23+/m1/s1. The third-order valence-electron chi connectivity index (χ3n) is 9.49. The van der Waals surface area contributed by atoms with E-state index in [-0.39, 0.29) is 5.41 Å².